The van der Waals surface area contributed by atoms with Gasteiger partial charge in [0.05, 0.1) is 10.4 Å². The molecule has 0 saturated carbocycles. The Bertz CT molecular complexity index is 1170. The summed E-state index contributed by atoms with van der Waals surface area (Å²) >= 11 is 1.64. The van der Waals surface area contributed by atoms with Crippen molar-refractivity contribution in [3.63, 3.8) is 0 Å². The molecule has 4 heterocycles. The van der Waals surface area contributed by atoms with Gasteiger partial charge in [-0.1, -0.05) is 32.0 Å². The molecule has 3 aromatic heterocycles. The van der Waals surface area contributed by atoms with Gasteiger partial charge in [0.1, 0.15) is 0 Å². The van der Waals surface area contributed by atoms with E-state index in [0.717, 1.165) is 46.3 Å². The van der Waals surface area contributed by atoms with E-state index in [1.165, 1.54) is 0 Å². The maximum Gasteiger partial charge on any atom is 0.225 e. The van der Waals surface area contributed by atoms with Crippen LogP contribution in [-0.4, -0.2) is 56.6 Å². The Morgan fingerprint density at radius 3 is 2.55 bits per heavy atom. The van der Waals surface area contributed by atoms with Crippen molar-refractivity contribution in [1.82, 2.24) is 24.5 Å². The molecule has 0 unspecified atom stereocenters. The minimum atomic E-state index is 0.0235. The van der Waals surface area contributed by atoms with Crippen LogP contribution in [0.5, 0.6) is 0 Å². The number of piperazine rings is 1. The van der Waals surface area contributed by atoms with Crippen LogP contribution in [0.15, 0.2) is 41.8 Å². The average Bonchev–Trinajstić information content (AvgIpc) is 3.42. The van der Waals surface area contributed by atoms with Gasteiger partial charge in [0.2, 0.25) is 11.9 Å². The van der Waals surface area contributed by atoms with Crippen LogP contribution in [0, 0.1) is 5.92 Å². The lowest BCUT2D eigenvalue weighted by Crippen LogP contribution is -2.50. The second-order valence-electron chi connectivity index (χ2n) is 7.56. The Labute approximate surface area is 172 Å². The first-order valence-corrected chi connectivity index (χ1v) is 10.7. The Balaban J connectivity index is 1.61. The number of carbonyl (C=O) groups is 1. The minimum Gasteiger partial charge on any atom is -0.339 e. The van der Waals surface area contributed by atoms with Crippen LogP contribution in [0.3, 0.4) is 0 Å². The van der Waals surface area contributed by atoms with E-state index in [1.807, 2.05) is 54.5 Å². The van der Waals surface area contributed by atoms with Crippen LogP contribution in [0.25, 0.3) is 27.3 Å². The quantitative estimate of drug-likeness (QED) is 0.522. The topological polar surface area (TPSA) is 66.6 Å². The first-order chi connectivity index (χ1) is 14.1. The molecule has 5 rings (SSSR count). The summed E-state index contributed by atoms with van der Waals surface area (Å²) in [5.41, 5.74) is 1.72. The van der Waals surface area contributed by atoms with Crippen LogP contribution >= 0.6 is 11.3 Å². The van der Waals surface area contributed by atoms with E-state index in [1.54, 1.807) is 11.3 Å². The number of para-hydroxylation sites is 1. The summed E-state index contributed by atoms with van der Waals surface area (Å²) in [5.74, 6) is 1.88. The maximum absolute atomic E-state index is 12.4. The molecule has 1 amide bonds. The highest BCUT2D eigenvalue weighted by atomic mass is 32.1. The number of thiophene rings is 1. The first-order valence-electron chi connectivity index (χ1n) is 9.85. The predicted octanol–water partition coefficient (Wildman–Crippen LogP) is 3.31. The number of hydrogen-bond donors (Lipinski definition) is 0. The molecule has 148 valence electrons. The Morgan fingerprint density at radius 1 is 1.03 bits per heavy atom. The van der Waals surface area contributed by atoms with Crippen molar-refractivity contribution in [3.8, 4) is 10.7 Å². The van der Waals surface area contributed by atoms with Crippen LogP contribution < -0.4 is 4.90 Å². The van der Waals surface area contributed by atoms with Crippen LogP contribution in [-0.2, 0) is 4.79 Å². The summed E-state index contributed by atoms with van der Waals surface area (Å²) in [5, 5.41) is 12.0. The van der Waals surface area contributed by atoms with E-state index in [2.05, 4.69) is 25.6 Å². The fourth-order valence-corrected chi connectivity index (χ4v) is 4.53. The van der Waals surface area contributed by atoms with E-state index in [9.17, 15) is 4.79 Å². The van der Waals surface area contributed by atoms with Gasteiger partial charge in [-0.3, -0.25) is 4.79 Å². The van der Waals surface area contributed by atoms with Gasteiger partial charge in [-0.15, -0.1) is 21.5 Å². The van der Waals surface area contributed by atoms with Gasteiger partial charge in [-0.2, -0.15) is 0 Å². The summed E-state index contributed by atoms with van der Waals surface area (Å²) in [6, 6.07) is 12.1. The lowest BCUT2D eigenvalue weighted by Gasteiger charge is -2.36. The highest BCUT2D eigenvalue weighted by Gasteiger charge is 2.26. The molecule has 1 fully saturated rings. The SMILES string of the molecule is CC(C)C(=O)N1CCN(c2nc3ccccc3c3nnc(-c4cccs4)n23)CC1. The van der Waals surface area contributed by atoms with Crippen LogP contribution in [0.1, 0.15) is 13.8 Å². The molecule has 29 heavy (non-hydrogen) atoms. The molecule has 0 bridgehead atoms. The smallest absolute Gasteiger partial charge is 0.225 e. The number of fused-ring (bicyclic) bond motifs is 3. The Kier molecular flexibility index (Phi) is 4.43. The summed E-state index contributed by atoms with van der Waals surface area (Å²) in [6.07, 6.45) is 0. The monoisotopic (exact) mass is 406 g/mol. The molecule has 0 radical (unpaired) electrons. The third kappa shape index (κ3) is 3.04. The summed E-state index contributed by atoms with van der Waals surface area (Å²) in [6.45, 7) is 6.77. The zero-order valence-electron chi connectivity index (χ0n) is 16.4. The molecule has 4 aromatic rings. The maximum atomic E-state index is 12.4. The molecule has 0 N–H and O–H groups in total. The fraction of sp³-hybridized carbons (Fsp3) is 0.333. The number of benzene rings is 1. The highest BCUT2D eigenvalue weighted by Crippen LogP contribution is 2.30. The number of anilines is 1. The standard InChI is InChI=1S/C21H22N6OS/c1-14(2)20(28)25-9-11-26(12-10-25)21-22-16-7-4-3-6-15(16)18-23-24-19(27(18)21)17-8-5-13-29-17/h3-8,13-14H,9-12H2,1-2H3. The molecule has 1 saturated heterocycles. The minimum absolute atomic E-state index is 0.0235. The first kappa shape index (κ1) is 18.1. The zero-order valence-corrected chi connectivity index (χ0v) is 17.3. The Hall–Kier alpha value is -3.00. The van der Waals surface area contributed by atoms with Crippen LogP contribution in [0.4, 0.5) is 5.95 Å². The number of rotatable bonds is 3. The lowest BCUT2D eigenvalue weighted by molar-refractivity contribution is -0.134. The number of hydrogen-bond acceptors (Lipinski definition) is 6. The van der Waals surface area contributed by atoms with E-state index >= 15 is 0 Å². The number of aromatic nitrogens is 4. The largest absolute Gasteiger partial charge is 0.339 e. The third-order valence-electron chi connectivity index (χ3n) is 5.34. The van der Waals surface area contributed by atoms with Crippen molar-refractivity contribution < 1.29 is 4.79 Å². The van der Waals surface area contributed by atoms with Crippen molar-refractivity contribution >= 4 is 39.7 Å². The molecule has 0 atom stereocenters. The normalized spacial score (nSPS) is 15.0. The van der Waals surface area contributed by atoms with Gasteiger partial charge in [-0.05, 0) is 23.6 Å². The summed E-state index contributed by atoms with van der Waals surface area (Å²) in [7, 11) is 0. The van der Waals surface area contributed by atoms with Crippen molar-refractivity contribution in [2.75, 3.05) is 31.1 Å². The van der Waals surface area contributed by atoms with Crippen molar-refractivity contribution in [2.24, 2.45) is 5.92 Å². The zero-order chi connectivity index (χ0) is 20.0. The van der Waals surface area contributed by atoms with Crippen molar-refractivity contribution in [2.45, 2.75) is 13.8 Å². The Morgan fingerprint density at radius 2 is 1.83 bits per heavy atom. The molecule has 1 aliphatic heterocycles. The van der Waals surface area contributed by atoms with Gasteiger partial charge in [0.15, 0.2) is 11.5 Å². The van der Waals surface area contributed by atoms with Crippen molar-refractivity contribution in [3.05, 3.63) is 41.8 Å². The second-order valence-corrected chi connectivity index (χ2v) is 8.50. The summed E-state index contributed by atoms with van der Waals surface area (Å²) < 4.78 is 2.06. The van der Waals surface area contributed by atoms with Crippen molar-refractivity contribution in [1.29, 1.82) is 0 Å². The molecular formula is C21H22N6OS. The third-order valence-corrected chi connectivity index (χ3v) is 6.20. The van der Waals surface area contributed by atoms with Gasteiger partial charge < -0.3 is 9.80 Å². The predicted molar refractivity (Wildman–Crippen MR) is 115 cm³/mol. The second kappa shape index (κ2) is 7.11. The molecule has 7 nitrogen and oxygen atoms in total. The van der Waals surface area contributed by atoms with Crippen LogP contribution in [0.2, 0.25) is 0 Å². The van der Waals surface area contributed by atoms with E-state index in [0.29, 0.717) is 13.1 Å². The molecule has 0 aliphatic carbocycles. The highest BCUT2D eigenvalue weighted by molar-refractivity contribution is 7.13. The fourth-order valence-electron chi connectivity index (χ4n) is 3.84. The molecule has 1 aromatic carbocycles. The van der Waals surface area contributed by atoms with Gasteiger partial charge in [0, 0.05) is 37.5 Å². The number of amides is 1. The molecule has 1 aliphatic rings. The molecule has 0 spiro atoms. The van der Waals surface area contributed by atoms with Gasteiger partial charge in [0.25, 0.3) is 0 Å². The number of carbonyl (C=O) groups excluding carboxylic acids is 1. The van der Waals surface area contributed by atoms with Gasteiger partial charge in [-0.25, -0.2) is 9.38 Å². The van der Waals surface area contributed by atoms with Gasteiger partial charge >= 0.3 is 0 Å². The summed E-state index contributed by atoms with van der Waals surface area (Å²) in [4.78, 5) is 22.6. The molecular weight excluding hydrogens is 384 g/mol. The van der Waals surface area contributed by atoms with E-state index < -0.39 is 0 Å². The average molecular weight is 407 g/mol. The van der Waals surface area contributed by atoms with E-state index in [-0.39, 0.29) is 11.8 Å². The van der Waals surface area contributed by atoms with E-state index in [4.69, 9.17) is 4.98 Å². The number of nitrogens with zero attached hydrogens (tertiary/aromatic N) is 6. The lowest BCUT2D eigenvalue weighted by atomic mass is 10.1. The molecule has 8 heteroatoms.